The fourth-order valence-electron chi connectivity index (χ4n) is 3.85. The smallest absolute Gasteiger partial charge is 0.410 e. The largest absolute Gasteiger partial charge is 0.497 e. The van der Waals surface area contributed by atoms with Crippen molar-refractivity contribution in [2.24, 2.45) is 0 Å². The molecule has 1 aromatic rings. The number of fused-ring (bicyclic) bond motifs is 3. The Morgan fingerprint density at radius 1 is 1.20 bits per heavy atom. The molecule has 6 nitrogen and oxygen atoms in total. The number of carbonyl (C=O) groups excluding carboxylic acids is 1. The quantitative estimate of drug-likeness (QED) is 0.814. The van der Waals surface area contributed by atoms with E-state index in [4.69, 9.17) is 9.47 Å². The van der Waals surface area contributed by atoms with E-state index in [1.807, 2.05) is 39.0 Å². The fraction of sp³-hybridized carbons (Fsp3) is 0.632. The van der Waals surface area contributed by atoms with Crippen LogP contribution >= 0.6 is 0 Å². The normalized spacial score (nSPS) is 28.8. The maximum atomic E-state index is 12.7. The van der Waals surface area contributed by atoms with E-state index in [1.54, 1.807) is 12.0 Å². The molecule has 2 aliphatic rings. The number of rotatable bonds is 1. The molecule has 2 N–H and O–H groups in total. The first-order valence-corrected chi connectivity index (χ1v) is 8.72. The van der Waals surface area contributed by atoms with Crippen molar-refractivity contribution in [1.29, 1.82) is 0 Å². The molecular formula is C19H27NO5. The summed E-state index contributed by atoms with van der Waals surface area (Å²) in [4.78, 5) is 14.4. The third-order valence-corrected chi connectivity index (χ3v) is 5.01. The Labute approximate surface area is 148 Å². The molecule has 1 fully saturated rings. The molecule has 1 amide bonds. The van der Waals surface area contributed by atoms with Crippen LogP contribution in [0.1, 0.15) is 50.7 Å². The zero-order valence-electron chi connectivity index (χ0n) is 15.2. The second-order valence-corrected chi connectivity index (χ2v) is 7.95. The highest BCUT2D eigenvalue weighted by atomic mass is 16.6. The maximum Gasteiger partial charge on any atom is 0.410 e. The summed E-state index contributed by atoms with van der Waals surface area (Å²) in [7, 11) is 1.61. The van der Waals surface area contributed by atoms with Crippen LogP contribution < -0.4 is 4.74 Å². The highest BCUT2D eigenvalue weighted by Crippen LogP contribution is 2.43. The van der Waals surface area contributed by atoms with Crippen molar-refractivity contribution in [3.8, 4) is 5.75 Å². The average molecular weight is 349 g/mol. The van der Waals surface area contributed by atoms with E-state index >= 15 is 0 Å². The summed E-state index contributed by atoms with van der Waals surface area (Å²) in [5.74, 6) is 0.707. The van der Waals surface area contributed by atoms with Crippen LogP contribution in [0.5, 0.6) is 5.75 Å². The lowest BCUT2D eigenvalue weighted by atomic mass is 9.73. The van der Waals surface area contributed by atoms with Gasteiger partial charge in [0, 0.05) is 18.5 Å². The van der Waals surface area contributed by atoms with Gasteiger partial charge in [0.05, 0.1) is 19.3 Å². The SMILES string of the molecule is COc1ccc2c(c1)CN(C(=O)OC(C)(C)C)[C@H]1C[C@H](O)[C@H](O)C[C@@H]21. The first kappa shape index (κ1) is 18.0. The lowest BCUT2D eigenvalue weighted by molar-refractivity contribution is -0.0571. The van der Waals surface area contributed by atoms with E-state index in [0.29, 0.717) is 19.4 Å². The number of amides is 1. The second kappa shape index (κ2) is 6.50. The number of carbonyl (C=O) groups is 1. The van der Waals surface area contributed by atoms with Gasteiger partial charge in [-0.25, -0.2) is 4.79 Å². The Bertz CT molecular complexity index is 654. The molecule has 6 heteroatoms. The van der Waals surface area contributed by atoms with Gasteiger partial charge in [-0.2, -0.15) is 0 Å². The van der Waals surface area contributed by atoms with Crippen LogP contribution in [0.25, 0.3) is 0 Å². The van der Waals surface area contributed by atoms with Gasteiger partial charge >= 0.3 is 6.09 Å². The van der Waals surface area contributed by atoms with Crippen LogP contribution in [-0.2, 0) is 11.3 Å². The number of aliphatic hydroxyl groups excluding tert-OH is 2. The van der Waals surface area contributed by atoms with Gasteiger partial charge in [-0.05, 0) is 56.9 Å². The lowest BCUT2D eigenvalue weighted by Crippen LogP contribution is -2.54. The zero-order valence-corrected chi connectivity index (χ0v) is 15.2. The van der Waals surface area contributed by atoms with Crippen LogP contribution in [0.3, 0.4) is 0 Å². The molecule has 0 spiro atoms. The summed E-state index contributed by atoms with van der Waals surface area (Å²) in [5.41, 5.74) is 1.51. The minimum Gasteiger partial charge on any atom is -0.497 e. The molecule has 1 aliphatic heterocycles. The molecule has 1 heterocycles. The standard InChI is InChI=1S/C19H27NO5/c1-19(2,3)25-18(23)20-10-11-7-12(24-4)5-6-13(11)14-8-16(21)17(22)9-15(14)20/h5-7,14-17,21-22H,8-10H2,1-4H3/t14-,15-,16+,17-/m0/s1. The summed E-state index contributed by atoms with van der Waals surface area (Å²) in [6.07, 6.45) is -1.23. The monoisotopic (exact) mass is 349 g/mol. The van der Waals surface area contributed by atoms with Crippen molar-refractivity contribution < 1.29 is 24.5 Å². The first-order valence-electron chi connectivity index (χ1n) is 8.72. The summed E-state index contributed by atoms with van der Waals surface area (Å²) >= 11 is 0. The molecule has 1 saturated carbocycles. The van der Waals surface area contributed by atoms with Crippen LogP contribution in [0.15, 0.2) is 18.2 Å². The van der Waals surface area contributed by atoms with E-state index in [2.05, 4.69) is 0 Å². The Kier molecular flexibility index (Phi) is 4.68. The van der Waals surface area contributed by atoms with Gasteiger partial charge in [0.15, 0.2) is 0 Å². The van der Waals surface area contributed by atoms with E-state index in [1.165, 1.54) is 0 Å². The summed E-state index contributed by atoms with van der Waals surface area (Å²) in [6, 6.07) is 5.65. The van der Waals surface area contributed by atoms with E-state index in [-0.39, 0.29) is 18.1 Å². The van der Waals surface area contributed by atoms with Crippen molar-refractivity contribution in [2.45, 2.75) is 69.9 Å². The maximum absolute atomic E-state index is 12.7. The first-order chi connectivity index (χ1) is 11.7. The van der Waals surface area contributed by atoms with Crippen molar-refractivity contribution in [1.82, 2.24) is 4.90 Å². The molecule has 0 aromatic heterocycles. The Balaban J connectivity index is 1.97. The number of hydrogen-bond acceptors (Lipinski definition) is 5. The van der Waals surface area contributed by atoms with Crippen molar-refractivity contribution in [2.75, 3.05) is 7.11 Å². The number of nitrogens with zero attached hydrogens (tertiary/aromatic N) is 1. The van der Waals surface area contributed by atoms with Gasteiger partial charge in [0.2, 0.25) is 0 Å². The summed E-state index contributed by atoms with van der Waals surface area (Å²) in [6.45, 7) is 5.92. The van der Waals surface area contributed by atoms with Gasteiger partial charge in [-0.1, -0.05) is 6.07 Å². The number of methoxy groups -OCH3 is 1. The van der Waals surface area contributed by atoms with Crippen LogP contribution in [-0.4, -0.2) is 52.2 Å². The minimum absolute atomic E-state index is 0.0272. The Morgan fingerprint density at radius 3 is 2.52 bits per heavy atom. The number of benzene rings is 1. The number of hydrogen-bond donors (Lipinski definition) is 2. The molecular weight excluding hydrogens is 322 g/mol. The third-order valence-electron chi connectivity index (χ3n) is 5.01. The zero-order chi connectivity index (χ0) is 18.4. The summed E-state index contributed by atoms with van der Waals surface area (Å²) < 4.78 is 10.9. The fourth-order valence-corrected chi connectivity index (χ4v) is 3.85. The highest BCUT2D eigenvalue weighted by molar-refractivity contribution is 5.69. The van der Waals surface area contributed by atoms with Crippen molar-refractivity contribution in [3.63, 3.8) is 0 Å². The minimum atomic E-state index is -0.828. The molecule has 0 saturated heterocycles. The molecule has 1 aliphatic carbocycles. The van der Waals surface area contributed by atoms with E-state index in [0.717, 1.165) is 16.9 Å². The average Bonchev–Trinajstić information content (AvgIpc) is 2.53. The third kappa shape index (κ3) is 3.60. The van der Waals surface area contributed by atoms with E-state index < -0.39 is 17.8 Å². The van der Waals surface area contributed by atoms with Gasteiger partial charge in [-0.3, -0.25) is 0 Å². The predicted octanol–water partition coefficient (Wildman–Crippen LogP) is 2.41. The number of aliphatic hydroxyl groups is 2. The molecule has 0 radical (unpaired) electrons. The molecule has 3 rings (SSSR count). The van der Waals surface area contributed by atoms with Gasteiger partial charge < -0.3 is 24.6 Å². The topological polar surface area (TPSA) is 79.2 Å². The second-order valence-electron chi connectivity index (χ2n) is 7.95. The van der Waals surface area contributed by atoms with Crippen LogP contribution in [0, 0.1) is 0 Å². The molecule has 25 heavy (non-hydrogen) atoms. The van der Waals surface area contributed by atoms with Crippen LogP contribution in [0.4, 0.5) is 4.79 Å². The van der Waals surface area contributed by atoms with Gasteiger partial charge in [0.25, 0.3) is 0 Å². The number of ether oxygens (including phenoxy) is 2. The van der Waals surface area contributed by atoms with Crippen LogP contribution in [0.2, 0.25) is 0 Å². The molecule has 138 valence electrons. The molecule has 0 bridgehead atoms. The Morgan fingerprint density at radius 2 is 1.88 bits per heavy atom. The molecule has 0 unspecified atom stereocenters. The van der Waals surface area contributed by atoms with Gasteiger partial charge in [-0.15, -0.1) is 0 Å². The van der Waals surface area contributed by atoms with E-state index in [9.17, 15) is 15.0 Å². The van der Waals surface area contributed by atoms with Crippen molar-refractivity contribution >= 4 is 6.09 Å². The summed E-state index contributed by atoms with van der Waals surface area (Å²) in [5, 5.41) is 20.3. The molecule has 1 aromatic carbocycles. The Hall–Kier alpha value is -1.79. The van der Waals surface area contributed by atoms with Crippen molar-refractivity contribution in [3.05, 3.63) is 29.3 Å². The van der Waals surface area contributed by atoms with Gasteiger partial charge in [0.1, 0.15) is 11.4 Å². The predicted molar refractivity (Wildman–Crippen MR) is 92.5 cm³/mol. The highest BCUT2D eigenvalue weighted by Gasteiger charge is 2.45. The lowest BCUT2D eigenvalue weighted by Gasteiger charge is -2.47. The molecule has 4 atom stereocenters.